The van der Waals surface area contributed by atoms with E-state index >= 15 is 0 Å². The minimum atomic E-state index is 0.142. The topological polar surface area (TPSA) is 21.3 Å². The van der Waals surface area contributed by atoms with Crippen LogP contribution in [-0.4, -0.2) is 13.7 Å². The van der Waals surface area contributed by atoms with Crippen molar-refractivity contribution in [2.24, 2.45) is 11.3 Å². The Labute approximate surface area is 116 Å². The Balaban J connectivity index is 1.94. The first-order valence-corrected chi connectivity index (χ1v) is 7.30. The molecule has 1 aliphatic carbocycles. The molecule has 2 aliphatic rings. The summed E-state index contributed by atoms with van der Waals surface area (Å²) in [4.78, 5) is 0. The SMILES string of the molecule is CNC(c1ccc2c(c1)C(C)(C)CO2)C1CC1(C)C. The fourth-order valence-electron chi connectivity index (χ4n) is 3.41. The van der Waals surface area contributed by atoms with Gasteiger partial charge in [-0.25, -0.2) is 0 Å². The van der Waals surface area contributed by atoms with E-state index in [1.165, 1.54) is 17.5 Å². The van der Waals surface area contributed by atoms with Crippen LogP contribution < -0.4 is 10.1 Å². The zero-order valence-electron chi connectivity index (χ0n) is 12.7. The molecule has 1 aromatic carbocycles. The third kappa shape index (κ3) is 2.06. The van der Waals surface area contributed by atoms with Crippen LogP contribution >= 0.6 is 0 Å². The molecule has 1 saturated carbocycles. The van der Waals surface area contributed by atoms with E-state index in [0.717, 1.165) is 18.3 Å². The van der Waals surface area contributed by atoms with Gasteiger partial charge in [-0.2, -0.15) is 0 Å². The highest BCUT2D eigenvalue weighted by molar-refractivity contribution is 5.46. The Kier molecular flexibility index (Phi) is 2.72. The summed E-state index contributed by atoms with van der Waals surface area (Å²) < 4.78 is 5.78. The van der Waals surface area contributed by atoms with Gasteiger partial charge in [0, 0.05) is 17.0 Å². The van der Waals surface area contributed by atoms with Crippen molar-refractivity contribution in [3.05, 3.63) is 29.3 Å². The van der Waals surface area contributed by atoms with Crippen LogP contribution in [0.3, 0.4) is 0 Å². The second kappa shape index (κ2) is 3.99. The zero-order valence-corrected chi connectivity index (χ0v) is 12.7. The van der Waals surface area contributed by atoms with E-state index in [9.17, 15) is 0 Å². The van der Waals surface area contributed by atoms with Gasteiger partial charge in [0.2, 0.25) is 0 Å². The summed E-state index contributed by atoms with van der Waals surface area (Å²) in [6.45, 7) is 10.0. The molecular formula is C17H25NO. The summed E-state index contributed by atoms with van der Waals surface area (Å²) in [6, 6.07) is 7.21. The van der Waals surface area contributed by atoms with Gasteiger partial charge in [0.1, 0.15) is 5.75 Å². The molecule has 0 aromatic heterocycles. The van der Waals surface area contributed by atoms with Gasteiger partial charge in [-0.3, -0.25) is 0 Å². The maximum atomic E-state index is 5.78. The van der Waals surface area contributed by atoms with Crippen molar-refractivity contribution in [3.63, 3.8) is 0 Å². The normalized spacial score (nSPS) is 27.5. The van der Waals surface area contributed by atoms with Gasteiger partial charge in [0.25, 0.3) is 0 Å². The van der Waals surface area contributed by atoms with Crippen molar-refractivity contribution in [2.75, 3.05) is 13.7 Å². The Morgan fingerprint density at radius 2 is 1.95 bits per heavy atom. The van der Waals surface area contributed by atoms with Crippen molar-refractivity contribution in [1.82, 2.24) is 5.32 Å². The second-order valence-electron chi connectivity index (χ2n) is 7.49. The first-order valence-electron chi connectivity index (χ1n) is 7.30. The predicted octanol–water partition coefficient (Wildman–Crippen LogP) is 3.66. The molecule has 2 heteroatoms. The minimum Gasteiger partial charge on any atom is -0.492 e. The number of benzene rings is 1. The van der Waals surface area contributed by atoms with Crippen molar-refractivity contribution >= 4 is 0 Å². The lowest BCUT2D eigenvalue weighted by Gasteiger charge is -2.21. The van der Waals surface area contributed by atoms with E-state index in [1.54, 1.807) is 0 Å². The van der Waals surface area contributed by atoms with Gasteiger partial charge in [0.15, 0.2) is 0 Å². The van der Waals surface area contributed by atoms with E-state index in [2.05, 4.69) is 58.3 Å². The third-order valence-electron chi connectivity index (χ3n) is 4.98. The molecule has 1 fully saturated rings. The van der Waals surface area contributed by atoms with Crippen LogP contribution in [-0.2, 0) is 5.41 Å². The van der Waals surface area contributed by atoms with Crippen LogP contribution in [0.5, 0.6) is 5.75 Å². The number of ether oxygens (including phenoxy) is 1. The largest absolute Gasteiger partial charge is 0.492 e. The van der Waals surface area contributed by atoms with Crippen molar-refractivity contribution in [2.45, 2.75) is 45.6 Å². The Morgan fingerprint density at radius 1 is 1.26 bits per heavy atom. The average Bonchev–Trinajstić information content (AvgIpc) is 2.85. The van der Waals surface area contributed by atoms with Crippen molar-refractivity contribution < 1.29 is 4.74 Å². The van der Waals surface area contributed by atoms with Crippen LogP contribution in [0.25, 0.3) is 0 Å². The number of rotatable bonds is 3. The lowest BCUT2D eigenvalue weighted by Crippen LogP contribution is -2.22. The van der Waals surface area contributed by atoms with E-state index in [1.807, 2.05) is 0 Å². The Hall–Kier alpha value is -1.02. The number of fused-ring (bicyclic) bond motifs is 1. The molecule has 104 valence electrons. The van der Waals surface area contributed by atoms with Gasteiger partial charge in [-0.15, -0.1) is 0 Å². The van der Waals surface area contributed by atoms with E-state index in [0.29, 0.717) is 11.5 Å². The average molecular weight is 259 g/mol. The molecule has 3 rings (SSSR count). The van der Waals surface area contributed by atoms with Crippen LogP contribution in [0, 0.1) is 11.3 Å². The van der Waals surface area contributed by atoms with Crippen LogP contribution in [0.15, 0.2) is 18.2 Å². The van der Waals surface area contributed by atoms with E-state index < -0.39 is 0 Å². The summed E-state index contributed by atoms with van der Waals surface area (Å²) in [5.41, 5.74) is 3.40. The fraction of sp³-hybridized carbons (Fsp3) is 0.647. The summed E-state index contributed by atoms with van der Waals surface area (Å²) >= 11 is 0. The quantitative estimate of drug-likeness (QED) is 0.894. The molecule has 2 unspecified atom stereocenters. The molecular weight excluding hydrogens is 234 g/mol. The first kappa shape index (κ1) is 13.0. The summed E-state index contributed by atoms with van der Waals surface area (Å²) in [6.07, 6.45) is 1.31. The molecule has 19 heavy (non-hydrogen) atoms. The van der Waals surface area contributed by atoms with Gasteiger partial charge < -0.3 is 10.1 Å². The smallest absolute Gasteiger partial charge is 0.123 e. The molecule has 1 aliphatic heterocycles. The van der Waals surface area contributed by atoms with Crippen molar-refractivity contribution in [3.8, 4) is 5.75 Å². The summed E-state index contributed by atoms with van der Waals surface area (Å²) in [5.74, 6) is 1.82. The highest BCUT2D eigenvalue weighted by atomic mass is 16.5. The van der Waals surface area contributed by atoms with Gasteiger partial charge in [-0.05, 0) is 42.5 Å². The highest BCUT2D eigenvalue weighted by Gasteiger charge is 2.50. The standard InChI is InChI=1S/C17H25NO/c1-16(2)9-13(16)15(18-5)11-6-7-14-12(8-11)17(3,4)10-19-14/h6-8,13,15,18H,9-10H2,1-5H3. The second-order valence-corrected chi connectivity index (χ2v) is 7.49. The predicted molar refractivity (Wildman–Crippen MR) is 78.7 cm³/mol. The maximum absolute atomic E-state index is 5.78. The van der Waals surface area contributed by atoms with Gasteiger partial charge in [-0.1, -0.05) is 33.8 Å². The molecule has 2 nitrogen and oxygen atoms in total. The minimum absolute atomic E-state index is 0.142. The van der Waals surface area contributed by atoms with Gasteiger partial charge >= 0.3 is 0 Å². The van der Waals surface area contributed by atoms with Crippen LogP contribution in [0.4, 0.5) is 0 Å². The fourth-order valence-corrected chi connectivity index (χ4v) is 3.41. The molecule has 1 aromatic rings. The van der Waals surface area contributed by atoms with Crippen LogP contribution in [0.2, 0.25) is 0 Å². The zero-order chi connectivity index (χ0) is 13.8. The highest BCUT2D eigenvalue weighted by Crippen LogP contribution is 2.58. The first-order chi connectivity index (χ1) is 8.85. The Bertz CT molecular complexity index is 504. The number of nitrogens with one attached hydrogen (secondary N) is 1. The number of hydrogen-bond acceptors (Lipinski definition) is 2. The van der Waals surface area contributed by atoms with Crippen LogP contribution in [0.1, 0.15) is 51.3 Å². The third-order valence-corrected chi connectivity index (χ3v) is 4.98. The molecule has 0 radical (unpaired) electrons. The number of hydrogen-bond donors (Lipinski definition) is 1. The van der Waals surface area contributed by atoms with Gasteiger partial charge in [0.05, 0.1) is 6.61 Å². The molecule has 1 N–H and O–H groups in total. The molecule has 0 spiro atoms. The molecule has 0 saturated heterocycles. The monoisotopic (exact) mass is 259 g/mol. The maximum Gasteiger partial charge on any atom is 0.123 e. The lowest BCUT2D eigenvalue weighted by molar-refractivity contribution is 0.291. The van der Waals surface area contributed by atoms with E-state index in [4.69, 9.17) is 4.74 Å². The lowest BCUT2D eigenvalue weighted by atomic mass is 9.84. The van der Waals surface area contributed by atoms with E-state index in [-0.39, 0.29) is 5.41 Å². The molecule has 0 bridgehead atoms. The summed E-state index contributed by atoms with van der Waals surface area (Å²) in [5, 5.41) is 3.51. The summed E-state index contributed by atoms with van der Waals surface area (Å²) in [7, 11) is 2.08. The molecule has 0 amide bonds. The molecule has 2 atom stereocenters. The van der Waals surface area contributed by atoms with Crippen molar-refractivity contribution in [1.29, 1.82) is 0 Å². The Morgan fingerprint density at radius 3 is 2.53 bits per heavy atom. The molecule has 1 heterocycles.